The first kappa shape index (κ1) is 14.0. The molecule has 0 radical (unpaired) electrons. The van der Waals surface area contributed by atoms with E-state index in [9.17, 15) is 9.59 Å². The summed E-state index contributed by atoms with van der Waals surface area (Å²) in [5.41, 5.74) is 0. The quantitative estimate of drug-likeness (QED) is 0.724. The van der Waals surface area contributed by atoms with Crippen LogP contribution in [0.25, 0.3) is 0 Å². The molecule has 0 aromatic carbocycles. The SMILES string of the molecule is CC(=O)N1CCCN(CCCCC(=O)O)CC1. The first-order valence-electron chi connectivity index (χ1n) is 6.29. The molecule has 0 bridgehead atoms. The van der Waals surface area contributed by atoms with Crippen LogP contribution < -0.4 is 0 Å². The van der Waals surface area contributed by atoms with Crippen LogP contribution in [0.15, 0.2) is 0 Å². The molecule has 1 aliphatic rings. The molecule has 0 spiro atoms. The van der Waals surface area contributed by atoms with E-state index < -0.39 is 5.97 Å². The van der Waals surface area contributed by atoms with Crippen LogP contribution >= 0.6 is 0 Å². The van der Waals surface area contributed by atoms with Gasteiger partial charge < -0.3 is 14.9 Å². The Balaban J connectivity index is 2.18. The van der Waals surface area contributed by atoms with E-state index in [0.717, 1.165) is 52.0 Å². The Bertz CT molecular complexity index is 268. The number of hydrogen-bond acceptors (Lipinski definition) is 3. The van der Waals surface area contributed by atoms with Crippen molar-refractivity contribution in [1.29, 1.82) is 0 Å². The van der Waals surface area contributed by atoms with Crippen LogP contribution in [0.3, 0.4) is 0 Å². The average Bonchev–Trinajstić information content (AvgIpc) is 2.49. The van der Waals surface area contributed by atoms with Gasteiger partial charge in [-0.3, -0.25) is 9.59 Å². The molecule has 1 heterocycles. The van der Waals surface area contributed by atoms with Gasteiger partial charge in [0.1, 0.15) is 0 Å². The molecule has 0 unspecified atom stereocenters. The molecular formula is C12H22N2O3. The molecule has 1 amide bonds. The van der Waals surface area contributed by atoms with Gasteiger partial charge in [0.25, 0.3) is 0 Å². The minimum absolute atomic E-state index is 0.151. The van der Waals surface area contributed by atoms with Crippen molar-refractivity contribution in [3.8, 4) is 0 Å². The van der Waals surface area contributed by atoms with Crippen molar-refractivity contribution in [2.75, 3.05) is 32.7 Å². The summed E-state index contributed by atoms with van der Waals surface area (Å²) in [6.45, 7) is 6.13. The summed E-state index contributed by atoms with van der Waals surface area (Å²) in [7, 11) is 0. The van der Waals surface area contributed by atoms with Crippen LogP contribution in [-0.4, -0.2) is 59.5 Å². The number of carbonyl (C=O) groups is 2. The summed E-state index contributed by atoms with van der Waals surface area (Å²) in [5.74, 6) is -0.568. The minimum atomic E-state index is -0.719. The standard InChI is InChI=1S/C12H22N2O3/c1-11(15)14-8-4-7-13(9-10-14)6-3-2-5-12(16)17/h2-10H2,1H3,(H,16,17). The highest BCUT2D eigenvalue weighted by atomic mass is 16.4. The van der Waals surface area contributed by atoms with Crippen LogP contribution in [-0.2, 0) is 9.59 Å². The van der Waals surface area contributed by atoms with E-state index in [1.807, 2.05) is 4.90 Å². The van der Waals surface area contributed by atoms with E-state index in [-0.39, 0.29) is 12.3 Å². The first-order valence-corrected chi connectivity index (χ1v) is 6.29. The Hall–Kier alpha value is -1.10. The second-order valence-corrected chi connectivity index (χ2v) is 4.55. The molecule has 1 saturated heterocycles. The lowest BCUT2D eigenvalue weighted by molar-refractivity contribution is -0.137. The average molecular weight is 242 g/mol. The molecule has 1 N–H and O–H groups in total. The van der Waals surface area contributed by atoms with Crippen molar-refractivity contribution in [2.24, 2.45) is 0 Å². The lowest BCUT2D eigenvalue weighted by Crippen LogP contribution is -2.33. The first-order chi connectivity index (χ1) is 8.09. The van der Waals surface area contributed by atoms with Crippen molar-refractivity contribution in [2.45, 2.75) is 32.6 Å². The normalized spacial score (nSPS) is 17.8. The van der Waals surface area contributed by atoms with E-state index in [2.05, 4.69) is 4.90 Å². The van der Waals surface area contributed by atoms with Crippen LogP contribution in [0.4, 0.5) is 0 Å². The third kappa shape index (κ3) is 5.68. The Morgan fingerprint density at radius 3 is 2.53 bits per heavy atom. The van der Waals surface area contributed by atoms with E-state index in [4.69, 9.17) is 5.11 Å². The zero-order valence-electron chi connectivity index (χ0n) is 10.5. The van der Waals surface area contributed by atoms with Gasteiger partial charge in [-0.1, -0.05) is 0 Å². The minimum Gasteiger partial charge on any atom is -0.481 e. The molecule has 98 valence electrons. The summed E-state index contributed by atoms with van der Waals surface area (Å²) in [4.78, 5) is 25.8. The van der Waals surface area contributed by atoms with Crippen LogP contribution in [0.1, 0.15) is 32.6 Å². The molecule has 17 heavy (non-hydrogen) atoms. The Kier molecular flexibility index (Phi) is 5.97. The molecule has 1 rings (SSSR count). The second-order valence-electron chi connectivity index (χ2n) is 4.55. The van der Waals surface area contributed by atoms with E-state index >= 15 is 0 Å². The molecule has 5 heteroatoms. The van der Waals surface area contributed by atoms with Crippen molar-refractivity contribution in [3.05, 3.63) is 0 Å². The second kappa shape index (κ2) is 7.27. The monoisotopic (exact) mass is 242 g/mol. The largest absolute Gasteiger partial charge is 0.481 e. The number of carboxylic acids is 1. The molecular weight excluding hydrogens is 220 g/mol. The lowest BCUT2D eigenvalue weighted by atomic mass is 10.2. The number of rotatable bonds is 5. The highest BCUT2D eigenvalue weighted by molar-refractivity contribution is 5.73. The fourth-order valence-corrected chi connectivity index (χ4v) is 2.12. The number of hydrogen-bond donors (Lipinski definition) is 1. The fraction of sp³-hybridized carbons (Fsp3) is 0.833. The van der Waals surface area contributed by atoms with Gasteiger partial charge in [0.05, 0.1) is 0 Å². The molecule has 0 atom stereocenters. The Morgan fingerprint density at radius 2 is 1.88 bits per heavy atom. The maximum Gasteiger partial charge on any atom is 0.303 e. The van der Waals surface area contributed by atoms with E-state index in [0.29, 0.717) is 0 Å². The summed E-state index contributed by atoms with van der Waals surface area (Å²) < 4.78 is 0. The zero-order valence-corrected chi connectivity index (χ0v) is 10.5. The third-order valence-electron chi connectivity index (χ3n) is 3.15. The number of nitrogens with zero attached hydrogens (tertiary/aromatic N) is 2. The van der Waals surface area contributed by atoms with Crippen molar-refractivity contribution in [3.63, 3.8) is 0 Å². The van der Waals surface area contributed by atoms with Gasteiger partial charge in [0.15, 0.2) is 0 Å². The Morgan fingerprint density at radius 1 is 1.12 bits per heavy atom. The smallest absolute Gasteiger partial charge is 0.303 e. The number of carboxylic acid groups (broad SMARTS) is 1. The van der Waals surface area contributed by atoms with Crippen LogP contribution in [0, 0.1) is 0 Å². The maximum absolute atomic E-state index is 11.2. The van der Waals surface area contributed by atoms with Gasteiger partial charge >= 0.3 is 5.97 Å². The van der Waals surface area contributed by atoms with Gasteiger partial charge in [-0.05, 0) is 32.4 Å². The molecule has 0 saturated carbocycles. The van der Waals surface area contributed by atoms with Crippen LogP contribution in [0.2, 0.25) is 0 Å². The number of aliphatic carboxylic acids is 1. The van der Waals surface area contributed by atoms with E-state index in [1.54, 1.807) is 6.92 Å². The van der Waals surface area contributed by atoms with Gasteiger partial charge in [-0.2, -0.15) is 0 Å². The predicted octanol–water partition coefficient (Wildman–Crippen LogP) is 0.795. The predicted molar refractivity (Wildman–Crippen MR) is 64.8 cm³/mol. The zero-order chi connectivity index (χ0) is 12.7. The highest BCUT2D eigenvalue weighted by Gasteiger charge is 2.15. The molecule has 5 nitrogen and oxygen atoms in total. The lowest BCUT2D eigenvalue weighted by Gasteiger charge is -2.20. The highest BCUT2D eigenvalue weighted by Crippen LogP contribution is 2.05. The third-order valence-corrected chi connectivity index (χ3v) is 3.15. The van der Waals surface area contributed by atoms with Gasteiger partial charge in [0.2, 0.25) is 5.91 Å². The van der Waals surface area contributed by atoms with Gasteiger partial charge in [-0.15, -0.1) is 0 Å². The topological polar surface area (TPSA) is 60.9 Å². The van der Waals surface area contributed by atoms with Gasteiger partial charge in [-0.25, -0.2) is 0 Å². The number of amides is 1. The van der Waals surface area contributed by atoms with Crippen molar-refractivity contribution in [1.82, 2.24) is 9.80 Å². The fourth-order valence-electron chi connectivity index (χ4n) is 2.12. The van der Waals surface area contributed by atoms with Crippen molar-refractivity contribution >= 4 is 11.9 Å². The summed E-state index contributed by atoms with van der Waals surface area (Å²) in [6, 6.07) is 0. The number of carbonyl (C=O) groups excluding carboxylic acids is 1. The molecule has 0 aromatic heterocycles. The molecule has 0 aromatic rings. The molecule has 0 aliphatic carbocycles. The summed E-state index contributed by atoms with van der Waals surface area (Å²) >= 11 is 0. The maximum atomic E-state index is 11.2. The summed E-state index contributed by atoms with van der Waals surface area (Å²) in [5, 5.41) is 8.53. The van der Waals surface area contributed by atoms with E-state index in [1.165, 1.54) is 0 Å². The van der Waals surface area contributed by atoms with Gasteiger partial charge in [0, 0.05) is 33.0 Å². The molecule has 1 aliphatic heterocycles. The molecule has 1 fully saturated rings. The summed E-state index contributed by atoms with van der Waals surface area (Å²) in [6.07, 6.45) is 2.93. The van der Waals surface area contributed by atoms with Crippen molar-refractivity contribution < 1.29 is 14.7 Å². The Labute approximate surface area is 102 Å². The van der Waals surface area contributed by atoms with Crippen LogP contribution in [0.5, 0.6) is 0 Å². The number of unbranched alkanes of at least 4 members (excludes halogenated alkanes) is 1.